The predicted molar refractivity (Wildman–Crippen MR) is 156 cm³/mol. The van der Waals surface area contributed by atoms with Crippen LogP contribution in [0.2, 0.25) is 0 Å². The van der Waals surface area contributed by atoms with E-state index in [1.54, 1.807) is 0 Å². The van der Waals surface area contributed by atoms with Gasteiger partial charge in [-0.05, 0) is 49.6 Å². The van der Waals surface area contributed by atoms with Gasteiger partial charge in [-0.3, -0.25) is 4.90 Å². The number of nitrogens with zero attached hydrogens (tertiary/aromatic N) is 5. The lowest BCUT2D eigenvalue weighted by atomic mass is 9.90. The number of halogens is 3. The third-order valence-corrected chi connectivity index (χ3v) is 9.62. The third kappa shape index (κ3) is 4.04. The van der Waals surface area contributed by atoms with Gasteiger partial charge in [-0.1, -0.05) is 0 Å². The highest BCUT2D eigenvalue weighted by Crippen LogP contribution is 2.48. The maximum absolute atomic E-state index is 17.2. The minimum absolute atomic E-state index is 0.0308. The Morgan fingerprint density at radius 2 is 1.89 bits per heavy atom. The Hall–Kier alpha value is -4.12. The molecule has 0 spiro atoms. The van der Waals surface area contributed by atoms with Crippen LogP contribution in [0, 0.1) is 23.0 Å². The van der Waals surface area contributed by atoms with Crippen LogP contribution in [0.5, 0.6) is 6.01 Å². The average Bonchev–Trinajstić information content (AvgIpc) is 3.75. The van der Waals surface area contributed by atoms with Crippen molar-refractivity contribution < 1.29 is 27.1 Å². The normalized spacial score (nSPS) is 24.8. The second-order valence-electron chi connectivity index (χ2n) is 12.1. The van der Waals surface area contributed by atoms with E-state index in [-0.39, 0.29) is 83.0 Å². The van der Waals surface area contributed by atoms with Gasteiger partial charge in [-0.25, -0.2) is 13.2 Å². The first kappa shape index (κ1) is 27.4. The highest BCUT2D eigenvalue weighted by Gasteiger charge is 2.41. The molecular weight excluding hydrogens is 575 g/mol. The first-order chi connectivity index (χ1) is 21.3. The summed E-state index contributed by atoms with van der Waals surface area (Å²) < 4.78 is 64.5. The molecule has 0 radical (unpaired) electrons. The van der Waals surface area contributed by atoms with Gasteiger partial charge in [0.2, 0.25) is 5.88 Å². The number of furan rings is 1. The van der Waals surface area contributed by atoms with Gasteiger partial charge in [-0.15, -0.1) is 0 Å². The Labute approximate surface area is 250 Å². The van der Waals surface area contributed by atoms with Crippen molar-refractivity contribution >= 4 is 33.6 Å². The number of alkyl halides is 1. The summed E-state index contributed by atoms with van der Waals surface area (Å²) in [5.74, 6) is -1.14. The predicted octanol–water partition coefficient (Wildman–Crippen LogP) is 4.17. The van der Waals surface area contributed by atoms with Crippen LogP contribution >= 0.6 is 0 Å². The number of ether oxygens (including phenoxy) is 2. The first-order valence-corrected chi connectivity index (χ1v) is 14.8. The molecule has 0 saturated carbocycles. The molecule has 228 valence electrons. The van der Waals surface area contributed by atoms with Crippen molar-refractivity contribution in [3.63, 3.8) is 0 Å². The first-order valence-electron chi connectivity index (χ1n) is 14.8. The Kier molecular flexibility index (Phi) is 6.37. The number of nitriles is 1. The summed E-state index contributed by atoms with van der Waals surface area (Å²) in [6.45, 7) is 2.15. The zero-order chi connectivity index (χ0) is 30.3. The van der Waals surface area contributed by atoms with E-state index >= 15 is 8.78 Å². The van der Waals surface area contributed by atoms with Crippen molar-refractivity contribution in [1.29, 1.82) is 5.26 Å². The molecule has 2 aromatic carbocycles. The zero-order valence-electron chi connectivity index (χ0n) is 24.0. The lowest BCUT2D eigenvalue weighted by Crippen LogP contribution is -2.52. The Morgan fingerprint density at radius 1 is 1.11 bits per heavy atom. The number of likely N-dealkylation sites (tertiary alicyclic amines) is 1. The van der Waals surface area contributed by atoms with Crippen molar-refractivity contribution in [2.45, 2.75) is 56.8 Å². The summed E-state index contributed by atoms with van der Waals surface area (Å²) in [5, 5.41) is 13.9. The number of nitrogen functional groups attached to an aromatic ring is 1. The van der Waals surface area contributed by atoms with Gasteiger partial charge in [0.1, 0.15) is 47.1 Å². The molecule has 0 aliphatic carbocycles. The summed E-state index contributed by atoms with van der Waals surface area (Å²) in [7, 11) is 1.83. The van der Waals surface area contributed by atoms with Gasteiger partial charge in [0.25, 0.3) is 0 Å². The number of piperazine rings is 1. The number of aromatic nitrogens is 2. The summed E-state index contributed by atoms with van der Waals surface area (Å²) in [4.78, 5) is 13.6. The molecule has 4 aliphatic heterocycles. The second kappa shape index (κ2) is 10.2. The van der Waals surface area contributed by atoms with Crippen molar-refractivity contribution in [3.05, 3.63) is 40.5 Å². The van der Waals surface area contributed by atoms with Crippen molar-refractivity contribution in [3.8, 4) is 23.2 Å². The molecule has 3 N–H and O–H groups in total. The molecule has 2 unspecified atom stereocenters. The number of rotatable bonds is 5. The van der Waals surface area contributed by atoms with Crippen molar-refractivity contribution in [2.75, 3.05) is 43.9 Å². The molecule has 0 amide bonds. The van der Waals surface area contributed by atoms with E-state index in [9.17, 15) is 9.65 Å². The number of nitrogens with one attached hydrogen (secondary N) is 1. The highest BCUT2D eigenvalue weighted by atomic mass is 19.1. The molecule has 3 saturated heterocycles. The summed E-state index contributed by atoms with van der Waals surface area (Å²) in [6.07, 6.45) is 1.28. The van der Waals surface area contributed by atoms with Crippen LogP contribution in [-0.2, 0) is 18.0 Å². The topological polar surface area (TPSA) is 126 Å². The largest absolute Gasteiger partial charge is 0.462 e. The van der Waals surface area contributed by atoms with Gasteiger partial charge < -0.3 is 29.8 Å². The molecule has 4 atom stereocenters. The number of benzene rings is 2. The lowest BCUT2D eigenvalue weighted by molar-refractivity contribution is 0.135. The van der Waals surface area contributed by atoms with Gasteiger partial charge >= 0.3 is 6.01 Å². The van der Waals surface area contributed by atoms with E-state index in [0.717, 1.165) is 25.9 Å². The molecule has 10 nitrogen and oxygen atoms in total. The number of anilines is 2. The lowest BCUT2D eigenvalue weighted by Gasteiger charge is -2.37. The smallest absolute Gasteiger partial charge is 0.319 e. The summed E-state index contributed by atoms with van der Waals surface area (Å²) in [5.41, 5.74) is 6.96. The van der Waals surface area contributed by atoms with Crippen LogP contribution in [-0.4, -0.2) is 72.5 Å². The standard InChI is InChI=1S/C31H30F3N7O3/c1-40-10-14(32)6-17(40)11-43-31-38-28-25(30(39-31)41-15-2-3-16(41)9-37-8-15)20-13-42-12-19(20)24(27(28)34)26-21(33)4-5-22-23(26)18(7-35)29(36)44-22/h4-5,14-17,37H,2-3,6,8-13,36H2,1H3/t14-,15?,16?,17+/m1/s1. The molecule has 2 aromatic heterocycles. The average molecular weight is 606 g/mol. The highest BCUT2D eigenvalue weighted by molar-refractivity contribution is 6.05. The van der Waals surface area contributed by atoms with E-state index in [1.165, 1.54) is 12.1 Å². The Bertz CT molecular complexity index is 1860. The van der Waals surface area contributed by atoms with Gasteiger partial charge in [0, 0.05) is 48.9 Å². The third-order valence-electron chi connectivity index (χ3n) is 9.62. The number of hydrogen-bond donors (Lipinski definition) is 2. The number of hydrogen-bond acceptors (Lipinski definition) is 10. The fourth-order valence-corrected chi connectivity index (χ4v) is 7.55. The van der Waals surface area contributed by atoms with E-state index < -0.39 is 17.8 Å². The number of fused-ring (bicyclic) bond motifs is 6. The van der Waals surface area contributed by atoms with Crippen LogP contribution < -0.4 is 20.7 Å². The fourth-order valence-electron chi connectivity index (χ4n) is 7.55. The molecule has 8 rings (SSSR count). The van der Waals surface area contributed by atoms with E-state index in [0.29, 0.717) is 35.3 Å². The summed E-state index contributed by atoms with van der Waals surface area (Å²) >= 11 is 0. The van der Waals surface area contributed by atoms with Crippen LogP contribution in [0.3, 0.4) is 0 Å². The maximum atomic E-state index is 17.2. The maximum Gasteiger partial charge on any atom is 0.319 e. The molecule has 44 heavy (non-hydrogen) atoms. The van der Waals surface area contributed by atoms with Crippen LogP contribution in [0.4, 0.5) is 24.9 Å². The van der Waals surface area contributed by atoms with Crippen molar-refractivity contribution in [1.82, 2.24) is 20.2 Å². The molecule has 4 aliphatic rings. The van der Waals surface area contributed by atoms with Crippen LogP contribution in [0.15, 0.2) is 16.5 Å². The molecule has 6 heterocycles. The molecule has 2 bridgehead atoms. The van der Waals surface area contributed by atoms with Gasteiger partial charge in [-0.2, -0.15) is 15.2 Å². The molecular formula is C31H30F3N7O3. The van der Waals surface area contributed by atoms with E-state index in [2.05, 4.69) is 15.2 Å². The van der Waals surface area contributed by atoms with Crippen LogP contribution in [0.25, 0.3) is 33.0 Å². The van der Waals surface area contributed by atoms with E-state index in [1.807, 2.05) is 18.0 Å². The molecule has 13 heteroatoms. The van der Waals surface area contributed by atoms with Crippen LogP contribution in [0.1, 0.15) is 36.0 Å². The second-order valence-corrected chi connectivity index (χ2v) is 12.1. The Morgan fingerprint density at radius 3 is 2.61 bits per heavy atom. The quantitative estimate of drug-likeness (QED) is 0.343. The SMILES string of the molecule is CN1C[C@H](F)C[C@H]1COc1nc(N2C3CCC2CNC3)c2c3c(c(-c4c(F)ccc5oc(N)c(C#N)c45)c(F)c2n1)COC3. The Balaban J connectivity index is 1.38. The minimum atomic E-state index is -0.950. The monoisotopic (exact) mass is 605 g/mol. The zero-order valence-corrected chi connectivity index (χ0v) is 24.0. The summed E-state index contributed by atoms with van der Waals surface area (Å²) in [6, 6.07) is 4.60. The fraction of sp³-hybridized carbons (Fsp3) is 0.452. The van der Waals surface area contributed by atoms with Gasteiger partial charge in [0.15, 0.2) is 5.82 Å². The van der Waals surface area contributed by atoms with E-state index in [4.69, 9.17) is 24.6 Å². The number of nitrogens with two attached hydrogens (primary N) is 1. The minimum Gasteiger partial charge on any atom is -0.462 e. The van der Waals surface area contributed by atoms with Crippen molar-refractivity contribution in [2.24, 2.45) is 0 Å². The molecule has 3 fully saturated rings. The van der Waals surface area contributed by atoms with Gasteiger partial charge in [0.05, 0.1) is 24.0 Å². The molecule has 4 aromatic rings. The number of likely N-dealkylation sites (N-methyl/N-ethyl adjacent to an activating group) is 1.